The van der Waals surface area contributed by atoms with Gasteiger partial charge in [-0.05, 0) is 35.6 Å². The molecule has 0 aromatic heterocycles. The number of hydrogen-bond donors (Lipinski definition) is 0. The molecule has 1 heterocycles. The van der Waals surface area contributed by atoms with Gasteiger partial charge >= 0.3 is 65.2 Å². The van der Waals surface area contributed by atoms with Crippen LogP contribution in [0, 0.1) is 0 Å². The van der Waals surface area contributed by atoms with Crippen molar-refractivity contribution < 1.29 is 64.3 Å². The topological polar surface area (TPSA) is 3.24 Å². The van der Waals surface area contributed by atoms with Crippen molar-refractivity contribution >= 4 is 31.1 Å². The van der Waals surface area contributed by atoms with Crippen molar-refractivity contribution in [2.24, 2.45) is 0 Å². The summed E-state index contributed by atoms with van der Waals surface area (Å²) in [7, 11) is 0. The zero-order valence-electron chi connectivity index (χ0n) is 14.8. The molecule has 25 heavy (non-hydrogen) atoms. The predicted molar refractivity (Wildman–Crippen MR) is 97.8 cm³/mol. The second-order valence-corrected chi connectivity index (χ2v) is 6.55. The Balaban J connectivity index is 0.00000225. The molecule has 7 heteroatoms. The Hall–Kier alpha value is -0.464. The second-order valence-electron chi connectivity index (χ2n) is 6.55. The fourth-order valence-corrected chi connectivity index (χ4v) is 3.15. The molecule has 0 N–H and O–H groups in total. The number of fused-ring (bicyclic) bond motifs is 1. The summed E-state index contributed by atoms with van der Waals surface area (Å²) in [4.78, 5) is 1.47. The van der Waals surface area contributed by atoms with E-state index in [2.05, 4.69) is 13.8 Å². The fourth-order valence-electron chi connectivity index (χ4n) is 3.15. The van der Waals surface area contributed by atoms with Gasteiger partial charge in [0.25, 0.3) is 0 Å². The van der Waals surface area contributed by atoms with E-state index in [1.807, 2.05) is 60.6 Å². The van der Waals surface area contributed by atoms with Crippen LogP contribution in [0.15, 0.2) is 54.5 Å². The molecule has 0 bridgehead atoms. The third-order valence-corrected chi connectivity index (χ3v) is 4.37. The largest absolute Gasteiger partial charge is 1.00 e. The molecule has 0 saturated carbocycles. The van der Waals surface area contributed by atoms with Crippen LogP contribution in [0.4, 0.5) is 18.6 Å². The van der Waals surface area contributed by atoms with Crippen molar-refractivity contribution in [1.82, 2.24) is 0 Å². The van der Waals surface area contributed by atoms with Gasteiger partial charge in [-0.2, -0.15) is 0 Å². The Labute approximate surface area is 190 Å². The maximum Gasteiger partial charge on any atom is 1.00 e. The molecule has 2 aromatic rings. The predicted octanol–water partition coefficient (Wildman–Crippen LogP) is 1.47. The SMILES string of the molecule is CC(C)c1ccc2c(c1)C=CB(c1ccccc1)N2C[B-](F)(F)F.[K+]. The monoisotopic (exact) mass is 367 g/mol. The molecule has 1 aliphatic rings. The average molecular weight is 367 g/mol. The van der Waals surface area contributed by atoms with E-state index in [0.29, 0.717) is 11.6 Å². The van der Waals surface area contributed by atoms with E-state index >= 15 is 0 Å². The number of nitrogens with zero attached hydrogens (tertiary/aromatic N) is 1. The van der Waals surface area contributed by atoms with Gasteiger partial charge in [0.05, 0.1) is 0 Å². The minimum Gasteiger partial charge on any atom is -0.448 e. The van der Waals surface area contributed by atoms with Gasteiger partial charge in [0.15, 0.2) is 0 Å². The Bertz CT molecular complexity index is 748. The van der Waals surface area contributed by atoms with Crippen LogP contribution in [0.3, 0.4) is 0 Å². The minimum atomic E-state index is -4.92. The fraction of sp³-hybridized carbons (Fsp3) is 0.222. The Kier molecular flexibility index (Phi) is 7.07. The Morgan fingerprint density at radius 3 is 2.32 bits per heavy atom. The first kappa shape index (κ1) is 20.8. The van der Waals surface area contributed by atoms with Crippen LogP contribution >= 0.6 is 0 Å². The van der Waals surface area contributed by atoms with E-state index < -0.39 is 20.3 Å². The summed E-state index contributed by atoms with van der Waals surface area (Å²) in [5.41, 5.74) is 3.50. The van der Waals surface area contributed by atoms with Gasteiger partial charge in [-0.15, -0.1) is 0 Å². The van der Waals surface area contributed by atoms with E-state index in [4.69, 9.17) is 0 Å². The summed E-state index contributed by atoms with van der Waals surface area (Å²) in [5.74, 6) is 2.21. The van der Waals surface area contributed by atoms with Crippen LogP contribution in [0.1, 0.15) is 30.9 Å². The van der Waals surface area contributed by atoms with Gasteiger partial charge < -0.3 is 17.8 Å². The number of halogens is 3. The summed E-state index contributed by atoms with van der Waals surface area (Å²) >= 11 is 0. The third kappa shape index (κ3) is 5.04. The Morgan fingerprint density at radius 1 is 1.04 bits per heavy atom. The van der Waals surface area contributed by atoms with Crippen LogP contribution in [-0.4, -0.2) is 20.3 Å². The van der Waals surface area contributed by atoms with Gasteiger partial charge in [0, 0.05) is 5.69 Å². The smallest absolute Gasteiger partial charge is 0.448 e. The third-order valence-electron chi connectivity index (χ3n) is 4.37. The van der Waals surface area contributed by atoms with Crippen LogP contribution in [0.2, 0.25) is 0 Å². The van der Waals surface area contributed by atoms with Gasteiger partial charge in [-0.3, -0.25) is 0 Å². The van der Waals surface area contributed by atoms with E-state index in [1.54, 1.807) is 0 Å². The number of anilines is 1. The maximum absolute atomic E-state index is 13.2. The molecular formula is C18H19B2F3KN. The first-order valence-electron chi connectivity index (χ1n) is 8.20. The maximum atomic E-state index is 13.2. The normalized spacial score (nSPS) is 13.7. The van der Waals surface area contributed by atoms with Crippen molar-refractivity contribution in [1.29, 1.82) is 0 Å². The summed E-state index contributed by atoms with van der Waals surface area (Å²) in [6.45, 7) is -1.16. The summed E-state index contributed by atoms with van der Waals surface area (Å²) in [6, 6.07) is 15.1. The number of hydrogen-bond acceptors (Lipinski definition) is 1. The van der Waals surface area contributed by atoms with Crippen LogP contribution in [0.5, 0.6) is 0 Å². The molecule has 124 valence electrons. The molecular weight excluding hydrogens is 348 g/mol. The van der Waals surface area contributed by atoms with Gasteiger partial charge in [-0.25, -0.2) is 0 Å². The van der Waals surface area contributed by atoms with Crippen molar-refractivity contribution in [3.63, 3.8) is 0 Å². The summed E-state index contributed by atoms with van der Waals surface area (Å²) < 4.78 is 39.7. The molecule has 3 rings (SSSR count). The van der Waals surface area contributed by atoms with E-state index in [9.17, 15) is 12.9 Å². The zero-order chi connectivity index (χ0) is 17.3. The molecule has 0 saturated heterocycles. The summed E-state index contributed by atoms with van der Waals surface area (Å²) in [5, 5.41) is 0. The first-order chi connectivity index (χ1) is 11.3. The van der Waals surface area contributed by atoms with Crippen LogP contribution in [-0.2, 0) is 0 Å². The number of rotatable bonds is 4. The van der Waals surface area contributed by atoms with Crippen molar-refractivity contribution in [2.75, 3.05) is 11.3 Å². The van der Waals surface area contributed by atoms with Gasteiger partial charge in [-0.1, -0.05) is 67.8 Å². The average Bonchev–Trinajstić information content (AvgIpc) is 2.54. The molecule has 0 unspecified atom stereocenters. The second kappa shape index (κ2) is 8.48. The standard InChI is InChI=1S/C18H19B2F3N.K/c1-14(2)15-8-9-18-16(12-15)10-11-19(17-6-4-3-5-7-17)24(18)13-20(21,22)23;/h3-12,14H,13H2,1-2H3;/q-1;+1. The Morgan fingerprint density at radius 2 is 1.72 bits per heavy atom. The molecule has 1 nitrogen and oxygen atoms in total. The van der Waals surface area contributed by atoms with E-state index in [1.165, 1.54) is 4.81 Å². The van der Waals surface area contributed by atoms with Crippen molar-refractivity contribution in [2.45, 2.75) is 19.8 Å². The summed E-state index contributed by atoms with van der Waals surface area (Å²) in [6.07, 6.45) is 1.04. The molecule has 0 spiro atoms. The molecule has 1 aliphatic heterocycles. The van der Waals surface area contributed by atoms with Gasteiger partial charge in [0.2, 0.25) is 0 Å². The molecule has 0 radical (unpaired) electrons. The van der Waals surface area contributed by atoms with Crippen molar-refractivity contribution in [3.05, 3.63) is 65.6 Å². The first-order valence-corrected chi connectivity index (χ1v) is 8.20. The molecule has 0 amide bonds. The van der Waals surface area contributed by atoms with Crippen molar-refractivity contribution in [3.8, 4) is 0 Å². The molecule has 2 aromatic carbocycles. The van der Waals surface area contributed by atoms with Gasteiger partial charge in [0.1, 0.15) is 0 Å². The van der Waals surface area contributed by atoms with E-state index in [-0.39, 0.29) is 51.4 Å². The zero-order valence-corrected chi connectivity index (χ0v) is 17.9. The molecule has 0 fully saturated rings. The van der Waals surface area contributed by atoms with Crippen LogP contribution in [0.25, 0.3) is 6.08 Å². The van der Waals surface area contributed by atoms with Crippen LogP contribution < -0.4 is 61.7 Å². The quantitative estimate of drug-likeness (QED) is 0.741. The number of benzene rings is 2. The minimum absolute atomic E-state index is 0. The molecule has 0 aliphatic carbocycles. The van der Waals surface area contributed by atoms with E-state index in [0.717, 1.165) is 16.6 Å². The molecule has 0 atom stereocenters.